The van der Waals surface area contributed by atoms with E-state index in [0.717, 1.165) is 16.0 Å². The molecule has 4 rings (SSSR count). The van der Waals surface area contributed by atoms with Crippen molar-refractivity contribution in [3.8, 4) is 0 Å². The highest BCUT2D eigenvalue weighted by Crippen LogP contribution is 2.32. The summed E-state index contributed by atoms with van der Waals surface area (Å²) in [5.41, 5.74) is 7.98. The maximum atomic E-state index is 5.75. The molecule has 0 saturated heterocycles. The van der Waals surface area contributed by atoms with Crippen molar-refractivity contribution in [2.45, 2.75) is 10.1 Å². The van der Waals surface area contributed by atoms with Crippen molar-refractivity contribution in [2.24, 2.45) is 0 Å². The van der Waals surface area contributed by atoms with E-state index in [1.54, 1.807) is 6.07 Å². The molecule has 0 unspecified atom stereocenters. The van der Waals surface area contributed by atoms with Gasteiger partial charge in [-0.1, -0.05) is 30.3 Å². The molecule has 0 amide bonds. The lowest BCUT2D eigenvalue weighted by Crippen LogP contribution is -1.81. The number of aromatic nitrogens is 1. The topological polar surface area (TPSA) is 52.0 Å². The molecule has 0 atom stereocenters. The van der Waals surface area contributed by atoms with Crippen LogP contribution in [-0.4, -0.2) is 4.98 Å². The third-order valence-corrected chi connectivity index (χ3v) is 4.16. The van der Waals surface area contributed by atoms with Gasteiger partial charge in [0.1, 0.15) is 5.52 Å². The molecule has 4 heteroatoms. The number of fused-ring (bicyclic) bond motifs is 2. The number of benzene rings is 3. The van der Waals surface area contributed by atoms with E-state index in [1.807, 2.05) is 24.3 Å². The molecule has 0 aliphatic heterocycles. The Bertz CT molecular complexity index is 946. The summed E-state index contributed by atoms with van der Waals surface area (Å²) in [7, 11) is 0. The van der Waals surface area contributed by atoms with Crippen molar-refractivity contribution in [1.29, 1.82) is 0 Å². The second-order valence-electron chi connectivity index (χ2n) is 4.82. The molecule has 0 bridgehead atoms. The van der Waals surface area contributed by atoms with Crippen molar-refractivity contribution in [2.75, 3.05) is 5.73 Å². The van der Waals surface area contributed by atoms with E-state index in [9.17, 15) is 0 Å². The number of nitrogens with zero attached hydrogens (tertiary/aromatic N) is 1. The molecule has 0 saturated carbocycles. The minimum Gasteiger partial charge on any atom is -0.431 e. The minimum absolute atomic E-state index is 0.630. The lowest BCUT2D eigenvalue weighted by molar-refractivity contribution is 0.489. The molecule has 0 spiro atoms. The fraction of sp³-hybridized carbons (Fsp3) is 0. The maximum Gasteiger partial charge on any atom is 0.261 e. The number of nitrogens with two attached hydrogens (primary N) is 1. The van der Waals surface area contributed by atoms with Gasteiger partial charge < -0.3 is 10.2 Å². The van der Waals surface area contributed by atoms with Crippen LogP contribution in [0.1, 0.15) is 0 Å². The van der Waals surface area contributed by atoms with Gasteiger partial charge in [0.2, 0.25) is 0 Å². The van der Waals surface area contributed by atoms with E-state index in [2.05, 4.69) is 35.3 Å². The molecule has 0 aliphatic rings. The summed E-state index contributed by atoms with van der Waals surface area (Å²) in [6.45, 7) is 0. The number of hydrogen-bond acceptors (Lipinski definition) is 4. The molecule has 4 aromatic rings. The van der Waals surface area contributed by atoms with Gasteiger partial charge in [-0.3, -0.25) is 0 Å². The van der Waals surface area contributed by atoms with Crippen LogP contribution in [0.15, 0.2) is 75.2 Å². The Morgan fingerprint density at radius 3 is 2.67 bits per heavy atom. The van der Waals surface area contributed by atoms with Crippen LogP contribution >= 0.6 is 11.8 Å². The largest absolute Gasteiger partial charge is 0.431 e. The standard InChI is InChI=1S/C17H12N2OS/c18-13-6-8-15-16(10-13)20-17(19-15)21-14-7-5-11-3-1-2-4-12(11)9-14/h1-10H,18H2. The van der Waals surface area contributed by atoms with Crippen LogP contribution in [0.5, 0.6) is 0 Å². The summed E-state index contributed by atoms with van der Waals surface area (Å²) in [5.74, 6) is 0. The first-order valence-corrected chi connectivity index (χ1v) is 7.42. The van der Waals surface area contributed by atoms with Crippen molar-refractivity contribution in [1.82, 2.24) is 4.98 Å². The van der Waals surface area contributed by atoms with Crippen molar-refractivity contribution in [3.05, 3.63) is 60.7 Å². The van der Waals surface area contributed by atoms with Gasteiger partial charge in [-0.15, -0.1) is 0 Å². The number of anilines is 1. The van der Waals surface area contributed by atoms with E-state index in [-0.39, 0.29) is 0 Å². The SMILES string of the molecule is Nc1ccc2nc(Sc3ccc4ccccc4c3)oc2c1. The fourth-order valence-corrected chi connectivity index (χ4v) is 3.09. The van der Waals surface area contributed by atoms with Gasteiger partial charge in [-0.05, 0) is 46.8 Å². The summed E-state index contributed by atoms with van der Waals surface area (Å²) in [6.07, 6.45) is 0. The molecule has 0 aliphatic carbocycles. The summed E-state index contributed by atoms with van der Waals surface area (Å²) in [6, 6.07) is 20.1. The molecular formula is C17H12N2OS. The maximum absolute atomic E-state index is 5.75. The summed E-state index contributed by atoms with van der Waals surface area (Å²) < 4.78 is 5.74. The predicted octanol–water partition coefficient (Wildman–Crippen LogP) is 4.71. The van der Waals surface area contributed by atoms with E-state index in [0.29, 0.717) is 10.9 Å². The Balaban J connectivity index is 1.71. The summed E-state index contributed by atoms with van der Waals surface area (Å²) in [5, 5.41) is 3.07. The third kappa shape index (κ3) is 2.34. The number of nitrogen functional groups attached to an aromatic ring is 1. The van der Waals surface area contributed by atoms with Gasteiger partial charge in [0.05, 0.1) is 0 Å². The van der Waals surface area contributed by atoms with Crippen LogP contribution in [0.25, 0.3) is 21.9 Å². The van der Waals surface area contributed by atoms with Gasteiger partial charge in [0.15, 0.2) is 5.58 Å². The molecule has 0 fully saturated rings. The molecular weight excluding hydrogens is 280 g/mol. The van der Waals surface area contributed by atoms with Crippen LogP contribution in [-0.2, 0) is 0 Å². The summed E-state index contributed by atoms with van der Waals surface area (Å²) >= 11 is 1.52. The van der Waals surface area contributed by atoms with Crippen LogP contribution in [0, 0.1) is 0 Å². The zero-order chi connectivity index (χ0) is 14.2. The highest BCUT2D eigenvalue weighted by atomic mass is 32.2. The zero-order valence-corrected chi connectivity index (χ0v) is 11.9. The van der Waals surface area contributed by atoms with E-state index in [4.69, 9.17) is 10.2 Å². The Morgan fingerprint density at radius 2 is 1.76 bits per heavy atom. The quantitative estimate of drug-likeness (QED) is 0.543. The second kappa shape index (κ2) is 4.82. The van der Waals surface area contributed by atoms with E-state index >= 15 is 0 Å². The molecule has 1 aromatic heterocycles. The number of hydrogen-bond donors (Lipinski definition) is 1. The highest BCUT2D eigenvalue weighted by molar-refractivity contribution is 7.99. The molecule has 3 nitrogen and oxygen atoms in total. The van der Waals surface area contributed by atoms with E-state index in [1.165, 1.54) is 22.5 Å². The van der Waals surface area contributed by atoms with Crippen molar-refractivity contribution >= 4 is 39.3 Å². The Morgan fingerprint density at radius 1 is 0.905 bits per heavy atom. The molecule has 2 N–H and O–H groups in total. The average molecular weight is 292 g/mol. The van der Waals surface area contributed by atoms with Crippen LogP contribution in [0.2, 0.25) is 0 Å². The second-order valence-corrected chi connectivity index (χ2v) is 5.84. The first-order valence-electron chi connectivity index (χ1n) is 6.61. The lowest BCUT2D eigenvalue weighted by atomic mass is 10.1. The van der Waals surface area contributed by atoms with Crippen LogP contribution in [0.4, 0.5) is 5.69 Å². The minimum atomic E-state index is 0.630. The normalized spacial score (nSPS) is 11.2. The molecule has 1 heterocycles. The Labute approximate surface area is 125 Å². The average Bonchev–Trinajstić information content (AvgIpc) is 2.88. The van der Waals surface area contributed by atoms with Crippen molar-refractivity contribution < 1.29 is 4.42 Å². The molecule has 3 aromatic carbocycles. The van der Waals surface area contributed by atoms with Crippen molar-refractivity contribution in [3.63, 3.8) is 0 Å². The first kappa shape index (κ1) is 12.3. The molecule has 102 valence electrons. The van der Waals surface area contributed by atoms with Gasteiger partial charge in [-0.25, -0.2) is 4.98 Å². The Kier molecular flexibility index (Phi) is 2.82. The number of oxazole rings is 1. The molecule has 0 radical (unpaired) electrons. The van der Waals surface area contributed by atoms with Gasteiger partial charge in [0.25, 0.3) is 5.22 Å². The van der Waals surface area contributed by atoms with Gasteiger partial charge in [-0.2, -0.15) is 0 Å². The lowest BCUT2D eigenvalue weighted by Gasteiger charge is -2.00. The predicted molar refractivity (Wildman–Crippen MR) is 86.5 cm³/mol. The zero-order valence-electron chi connectivity index (χ0n) is 11.1. The Hall–Kier alpha value is -2.46. The highest BCUT2D eigenvalue weighted by Gasteiger charge is 2.08. The summed E-state index contributed by atoms with van der Waals surface area (Å²) in [4.78, 5) is 5.57. The number of rotatable bonds is 2. The van der Waals surface area contributed by atoms with Gasteiger partial charge in [0, 0.05) is 16.6 Å². The smallest absolute Gasteiger partial charge is 0.261 e. The third-order valence-electron chi connectivity index (χ3n) is 3.32. The first-order chi connectivity index (χ1) is 10.3. The molecule has 21 heavy (non-hydrogen) atoms. The monoisotopic (exact) mass is 292 g/mol. The van der Waals surface area contributed by atoms with Crippen LogP contribution in [0.3, 0.4) is 0 Å². The van der Waals surface area contributed by atoms with Gasteiger partial charge >= 0.3 is 0 Å². The fourth-order valence-electron chi connectivity index (χ4n) is 2.30. The van der Waals surface area contributed by atoms with Crippen LogP contribution < -0.4 is 5.73 Å². The van der Waals surface area contributed by atoms with E-state index < -0.39 is 0 Å².